The zero-order chi connectivity index (χ0) is 26.0. The van der Waals surface area contributed by atoms with Crippen LogP contribution in [0.4, 0.5) is 0 Å². The Bertz CT molecular complexity index is 1160. The highest BCUT2D eigenvalue weighted by Crippen LogP contribution is 2.23. The van der Waals surface area contributed by atoms with Crippen molar-refractivity contribution in [3.8, 4) is 5.75 Å². The van der Waals surface area contributed by atoms with Gasteiger partial charge in [0.1, 0.15) is 11.8 Å². The van der Waals surface area contributed by atoms with E-state index in [1.807, 2.05) is 78.9 Å². The highest BCUT2D eigenvalue weighted by atomic mass is 35.5. The standard InChI is InChI=1S/C31H35ClN2O3/c1-37-27-18-16-24(17-19-27)21-30(35)34(22-25-12-8-9-15-28(25)32)29(20-23-10-4-2-5-11-23)31(36)33-26-13-6-3-7-14-26/h2,4-5,8-12,15-19,26,29H,3,6-7,13-14,20-22H2,1H3,(H,33,36)/t29-/m1/s1. The fourth-order valence-electron chi connectivity index (χ4n) is 4.93. The van der Waals surface area contributed by atoms with Gasteiger partial charge in [-0.1, -0.05) is 91.5 Å². The number of benzene rings is 3. The molecule has 1 N–H and O–H groups in total. The summed E-state index contributed by atoms with van der Waals surface area (Å²) in [4.78, 5) is 29.4. The molecule has 4 rings (SSSR count). The van der Waals surface area contributed by atoms with Crippen molar-refractivity contribution in [1.82, 2.24) is 10.2 Å². The third-order valence-corrected chi connectivity index (χ3v) is 7.40. The average molecular weight is 519 g/mol. The SMILES string of the molecule is COc1ccc(CC(=O)N(Cc2ccccc2Cl)[C@H](Cc2ccccc2)C(=O)NC2CCCCC2)cc1. The third-order valence-electron chi connectivity index (χ3n) is 7.04. The molecule has 6 heteroatoms. The molecule has 37 heavy (non-hydrogen) atoms. The maximum Gasteiger partial charge on any atom is 0.243 e. The van der Waals surface area contributed by atoms with Crippen LogP contribution < -0.4 is 10.1 Å². The summed E-state index contributed by atoms with van der Waals surface area (Å²) < 4.78 is 5.26. The Hall–Kier alpha value is -3.31. The maximum atomic E-state index is 13.9. The van der Waals surface area contributed by atoms with E-state index in [1.165, 1.54) is 6.42 Å². The lowest BCUT2D eigenvalue weighted by molar-refractivity contribution is -0.141. The van der Waals surface area contributed by atoms with Gasteiger partial charge in [-0.25, -0.2) is 0 Å². The highest BCUT2D eigenvalue weighted by molar-refractivity contribution is 6.31. The van der Waals surface area contributed by atoms with Gasteiger partial charge in [0.05, 0.1) is 13.5 Å². The number of ether oxygens (including phenoxy) is 1. The zero-order valence-corrected chi connectivity index (χ0v) is 22.1. The molecule has 1 aliphatic carbocycles. The number of carbonyl (C=O) groups excluding carboxylic acids is 2. The smallest absolute Gasteiger partial charge is 0.243 e. The van der Waals surface area contributed by atoms with Gasteiger partial charge >= 0.3 is 0 Å². The van der Waals surface area contributed by atoms with E-state index >= 15 is 0 Å². The van der Waals surface area contributed by atoms with E-state index in [2.05, 4.69) is 5.32 Å². The van der Waals surface area contributed by atoms with Gasteiger partial charge in [-0.15, -0.1) is 0 Å². The Kier molecular flexibility index (Phi) is 9.61. The number of hydrogen-bond acceptors (Lipinski definition) is 3. The van der Waals surface area contributed by atoms with Gasteiger partial charge in [-0.05, 0) is 47.7 Å². The zero-order valence-electron chi connectivity index (χ0n) is 21.4. The number of hydrogen-bond donors (Lipinski definition) is 1. The van der Waals surface area contributed by atoms with Gasteiger partial charge in [-0.2, -0.15) is 0 Å². The molecule has 3 aromatic rings. The van der Waals surface area contributed by atoms with Crippen molar-refractivity contribution in [3.05, 3.63) is 101 Å². The molecule has 1 atom stereocenters. The summed E-state index contributed by atoms with van der Waals surface area (Å²) in [7, 11) is 1.62. The lowest BCUT2D eigenvalue weighted by Gasteiger charge is -2.33. The molecular weight excluding hydrogens is 484 g/mol. The number of nitrogens with zero attached hydrogens (tertiary/aromatic N) is 1. The first kappa shape index (κ1) is 26.7. The van der Waals surface area contributed by atoms with Crippen molar-refractivity contribution in [3.63, 3.8) is 0 Å². The minimum Gasteiger partial charge on any atom is -0.497 e. The Balaban J connectivity index is 1.65. The second kappa shape index (κ2) is 13.3. The van der Waals surface area contributed by atoms with E-state index in [-0.39, 0.29) is 30.8 Å². The summed E-state index contributed by atoms with van der Waals surface area (Å²) in [5.74, 6) is 0.508. The van der Waals surface area contributed by atoms with Crippen molar-refractivity contribution in [1.29, 1.82) is 0 Å². The molecule has 2 amide bonds. The molecule has 0 saturated heterocycles. The Morgan fingerprint density at radius 3 is 2.27 bits per heavy atom. The van der Waals surface area contributed by atoms with Gasteiger partial charge in [0.15, 0.2) is 0 Å². The molecule has 0 spiro atoms. The molecule has 0 aliphatic heterocycles. The van der Waals surface area contributed by atoms with Crippen LogP contribution in [0.3, 0.4) is 0 Å². The lowest BCUT2D eigenvalue weighted by Crippen LogP contribution is -2.53. The molecule has 0 bridgehead atoms. The van der Waals surface area contributed by atoms with Crippen LogP contribution in [0.5, 0.6) is 5.75 Å². The van der Waals surface area contributed by atoms with E-state index in [0.29, 0.717) is 11.4 Å². The molecule has 1 saturated carbocycles. The summed E-state index contributed by atoms with van der Waals surface area (Å²) in [5, 5.41) is 3.85. The normalized spacial score (nSPS) is 14.5. The molecule has 0 unspecified atom stereocenters. The van der Waals surface area contributed by atoms with Crippen LogP contribution in [0.2, 0.25) is 5.02 Å². The first-order valence-corrected chi connectivity index (χ1v) is 13.4. The van der Waals surface area contributed by atoms with Gasteiger partial charge in [0.2, 0.25) is 11.8 Å². The summed E-state index contributed by atoms with van der Waals surface area (Å²) in [6, 6.07) is 24.3. The van der Waals surface area contributed by atoms with Crippen molar-refractivity contribution < 1.29 is 14.3 Å². The van der Waals surface area contributed by atoms with Crippen LogP contribution in [-0.4, -0.2) is 35.9 Å². The van der Waals surface area contributed by atoms with Crippen molar-refractivity contribution in [2.24, 2.45) is 0 Å². The summed E-state index contributed by atoms with van der Waals surface area (Å²) in [6.45, 7) is 0.254. The largest absolute Gasteiger partial charge is 0.497 e. The third kappa shape index (κ3) is 7.59. The van der Waals surface area contributed by atoms with E-state index in [0.717, 1.165) is 48.1 Å². The number of rotatable bonds is 10. The number of methoxy groups -OCH3 is 1. The van der Waals surface area contributed by atoms with E-state index in [4.69, 9.17) is 16.3 Å². The van der Waals surface area contributed by atoms with Gasteiger partial charge < -0.3 is 15.0 Å². The van der Waals surface area contributed by atoms with Gasteiger partial charge in [0.25, 0.3) is 0 Å². The van der Waals surface area contributed by atoms with Crippen LogP contribution in [0.15, 0.2) is 78.9 Å². The minimum absolute atomic E-state index is 0.106. The van der Waals surface area contributed by atoms with Crippen LogP contribution in [0.25, 0.3) is 0 Å². The molecule has 1 aliphatic rings. The quantitative estimate of drug-likeness (QED) is 0.359. The topological polar surface area (TPSA) is 58.6 Å². The summed E-state index contributed by atoms with van der Waals surface area (Å²) in [5.41, 5.74) is 2.68. The number of nitrogens with one attached hydrogen (secondary N) is 1. The molecule has 194 valence electrons. The predicted octanol–water partition coefficient (Wildman–Crippen LogP) is 5.98. The molecule has 5 nitrogen and oxygen atoms in total. The van der Waals surface area contributed by atoms with Crippen molar-refractivity contribution in [2.45, 2.75) is 63.6 Å². The molecule has 0 aromatic heterocycles. The Morgan fingerprint density at radius 1 is 0.919 bits per heavy atom. The summed E-state index contributed by atoms with van der Waals surface area (Å²) >= 11 is 6.51. The first-order valence-electron chi connectivity index (χ1n) is 13.0. The molecule has 1 fully saturated rings. The second-order valence-electron chi connectivity index (χ2n) is 9.69. The van der Waals surface area contributed by atoms with E-state index in [9.17, 15) is 9.59 Å². The summed E-state index contributed by atoms with van der Waals surface area (Å²) in [6.07, 6.45) is 6.01. The fraction of sp³-hybridized carbons (Fsp3) is 0.355. The van der Waals surface area contributed by atoms with Crippen LogP contribution >= 0.6 is 11.6 Å². The first-order chi connectivity index (χ1) is 18.0. The molecule has 3 aromatic carbocycles. The average Bonchev–Trinajstić information content (AvgIpc) is 2.93. The second-order valence-corrected chi connectivity index (χ2v) is 10.1. The van der Waals surface area contributed by atoms with Crippen molar-refractivity contribution in [2.75, 3.05) is 7.11 Å². The number of halogens is 1. The minimum atomic E-state index is -0.661. The number of carbonyl (C=O) groups is 2. The van der Waals surface area contributed by atoms with E-state index < -0.39 is 6.04 Å². The lowest BCUT2D eigenvalue weighted by atomic mass is 9.94. The molecule has 0 heterocycles. The Morgan fingerprint density at radius 2 is 1.59 bits per heavy atom. The predicted molar refractivity (Wildman–Crippen MR) is 148 cm³/mol. The molecular formula is C31H35ClN2O3. The van der Waals surface area contributed by atoms with Crippen LogP contribution in [-0.2, 0) is 29.0 Å². The van der Waals surface area contributed by atoms with Gasteiger partial charge in [-0.3, -0.25) is 9.59 Å². The van der Waals surface area contributed by atoms with Crippen molar-refractivity contribution >= 4 is 23.4 Å². The van der Waals surface area contributed by atoms with Crippen LogP contribution in [0, 0.1) is 0 Å². The number of amides is 2. The van der Waals surface area contributed by atoms with Gasteiger partial charge in [0, 0.05) is 24.0 Å². The van der Waals surface area contributed by atoms with Crippen LogP contribution in [0.1, 0.15) is 48.8 Å². The highest BCUT2D eigenvalue weighted by Gasteiger charge is 2.32. The fourth-order valence-corrected chi connectivity index (χ4v) is 5.12. The molecule has 0 radical (unpaired) electrons. The van der Waals surface area contributed by atoms with E-state index in [1.54, 1.807) is 12.0 Å². The Labute approximate surface area is 224 Å². The maximum absolute atomic E-state index is 13.9. The monoisotopic (exact) mass is 518 g/mol.